The van der Waals surface area contributed by atoms with Crippen molar-refractivity contribution in [3.63, 3.8) is 0 Å². The number of esters is 1. The molecule has 0 radical (unpaired) electrons. The number of hydrogen-bond acceptors (Lipinski definition) is 6. The van der Waals surface area contributed by atoms with E-state index in [4.69, 9.17) is 18.9 Å². The van der Waals surface area contributed by atoms with Crippen molar-refractivity contribution in [2.75, 3.05) is 33.3 Å². The van der Waals surface area contributed by atoms with Gasteiger partial charge in [-0.1, -0.05) is 30.3 Å². The molecule has 150 valence electrons. The Hall–Kier alpha value is -3.74. The summed E-state index contributed by atoms with van der Waals surface area (Å²) in [5.74, 6) is -0.309. The van der Waals surface area contributed by atoms with Gasteiger partial charge in [0.25, 0.3) is 5.91 Å². The maximum atomic E-state index is 12.4. The van der Waals surface area contributed by atoms with E-state index in [1.807, 2.05) is 36.4 Å². The van der Waals surface area contributed by atoms with Crippen molar-refractivity contribution in [2.45, 2.75) is 0 Å². The van der Waals surface area contributed by atoms with Gasteiger partial charge in [-0.2, -0.15) is 0 Å². The number of amides is 1. The van der Waals surface area contributed by atoms with Crippen LogP contribution in [0.3, 0.4) is 0 Å². The van der Waals surface area contributed by atoms with E-state index in [1.54, 1.807) is 12.1 Å². The minimum atomic E-state index is -0.712. The second-order valence-corrected chi connectivity index (χ2v) is 6.07. The van der Waals surface area contributed by atoms with Gasteiger partial charge in [0.2, 0.25) is 5.75 Å². The predicted octanol–water partition coefficient (Wildman–Crippen LogP) is 3.66. The Morgan fingerprint density at radius 1 is 0.828 bits per heavy atom. The number of methoxy groups -OCH3 is 3. The maximum Gasteiger partial charge on any atom is 0.342 e. The summed E-state index contributed by atoms with van der Waals surface area (Å²) in [6.45, 7) is -0.441. The van der Waals surface area contributed by atoms with E-state index in [2.05, 4.69) is 5.32 Å². The molecule has 0 fully saturated rings. The molecule has 0 saturated carbocycles. The van der Waals surface area contributed by atoms with Crippen LogP contribution in [0.15, 0.2) is 54.6 Å². The molecule has 0 saturated heterocycles. The summed E-state index contributed by atoms with van der Waals surface area (Å²) in [6, 6.07) is 16.4. The summed E-state index contributed by atoms with van der Waals surface area (Å²) in [5.41, 5.74) is 0.747. The van der Waals surface area contributed by atoms with Gasteiger partial charge in [0.1, 0.15) is 5.56 Å². The molecule has 0 spiro atoms. The second kappa shape index (κ2) is 8.97. The Kier molecular flexibility index (Phi) is 6.19. The second-order valence-electron chi connectivity index (χ2n) is 6.07. The first-order valence-corrected chi connectivity index (χ1v) is 8.82. The highest BCUT2D eigenvalue weighted by Crippen LogP contribution is 2.39. The molecule has 0 atom stereocenters. The van der Waals surface area contributed by atoms with E-state index in [9.17, 15) is 9.59 Å². The number of carbonyl (C=O) groups excluding carboxylic acids is 2. The van der Waals surface area contributed by atoms with Crippen LogP contribution < -0.4 is 19.5 Å². The van der Waals surface area contributed by atoms with Crippen molar-refractivity contribution < 1.29 is 28.5 Å². The molecular weight excluding hydrogens is 374 g/mol. The lowest BCUT2D eigenvalue weighted by atomic mass is 10.1. The lowest BCUT2D eigenvalue weighted by molar-refractivity contribution is -0.119. The molecule has 0 heterocycles. The molecule has 3 aromatic carbocycles. The van der Waals surface area contributed by atoms with Crippen molar-refractivity contribution in [2.24, 2.45) is 0 Å². The predicted molar refractivity (Wildman–Crippen MR) is 109 cm³/mol. The topological polar surface area (TPSA) is 83.1 Å². The first-order valence-electron chi connectivity index (χ1n) is 8.82. The minimum absolute atomic E-state index is 0.128. The summed E-state index contributed by atoms with van der Waals surface area (Å²) in [4.78, 5) is 24.6. The van der Waals surface area contributed by atoms with Crippen molar-refractivity contribution in [3.8, 4) is 17.2 Å². The zero-order valence-corrected chi connectivity index (χ0v) is 16.4. The zero-order valence-electron chi connectivity index (χ0n) is 16.4. The third kappa shape index (κ3) is 4.40. The fourth-order valence-corrected chi connectivity index (χ4v) is 2.94. The molecule has 0 aromatic heterocycles. The fourth-order valence-electron chi connectivity index (χ4n) is 2.94. The third-order valence-corrected chi connectivity index (χ3v) is 4.29. The smallest absolute Gasteiger partial charge is 0.342 e. The fraction of sp³-hybridized carbons (Fsp3) is 0.182. The maximum absolute atomic E-state index is 12.4. The Labute approximate surface area is 168 Å². The molecular formula is C22H21NO6. The van der Waals surface area contributed by atoms with Gasteiger partial charge in [0, 0.05) is 5.69 Å². The van der Waals surface area contributed by atoms with E-state index in [0.29, 0.717) is 11.4 Å². The standard InChI is InChI=1S/C22H21NO6/c1-26-18-11-10-17(20(27-2)21(18)28-3)22(25)29-13-19(24)23-16-9-8-14-6-4-5-7-15(14)12-16/h4-12H,13H2,1-3H3,(H,23,24). The molecule has 0 bridgehead atoms. The monoisotopic (exact) mass is 395 g/mol. The largest absolute Gasteiger partial charge is 0.493 e. The van der Waals surface area contributed by atoms with Crippen molar-refractivity contribution in [1.82, 2.24) is 0 Å². The molecule has 0 aliphatic carbocycles. The molecule has 0 aliphatic heterocycles. The normalized spacial score (nSPS) is 10.3. The number of ether oxygens (including phenoxy) is 4. The van der Waals surface area contributed by atoms with E-state index in [-0.39, 0.29) is 17.1 Å². The quantitative estimate of drug-likeness (QED) is 0.615. The number of rotatable bonds is 7. The van der Waals surface area contributed by atoms with Gasteiger partial charge >= 0.3 is 5.97 Å². The lowest BCUT2D eigenvalue weighted by Crippen LogP contribution is -2.21. The molecule has 0 unspecified atom stereocenters. The van der Waals surface area contributed by atoms with Gasteiger partial charge in [0.15, 0.2) is 18.1 Å². The number of carbonyl (C=O) groups is 2. The van der Waals surface area contributed by atoms with E-state index < -0.39 is 18.5 Å². The van der Waals surface area contributed by atoms with Crippen LogP contribution in [0.2, 0.25) is 0 Å². The minimum Gasteiger partial charge on any atom is -0.493 e. The summed E-state index contributed by atoms with van der Waals surface area (Å²) < 4.78 is 20.8. The van der Waals surface area contributed by atoms with Crippen LogP contribution >= 0.6 is 0 Å². The van der Waals surface area contributed by atoms with Crippen LogP contribution in [0, 0.1) is 0 Å². The van der Waals surface area contributed by atoms with Crippen molar-refractivity contribution >= 4 is 28.3 Å². The van der Waals surface area contributed by atoms with E-state index in [0.717, 1.165) is 10.8 Å². The third-order valence-electron chi connectivity index (χ3n) is 4.29. The molecule has 7 heteroatoms. The highest BCUT2D eigenvalue weighted by Gasteiger charge is 2.22. The Balaban J connectivity index is 1.67. The van der Waals surface area contributed by atoms with Crippen LogP contribution in [-0.2, 0) is 9.53 Å². The number of anilines is 1. The molecule has 3 rings (SSSR count). The van der Waals surface area contributed by atoms with E-state index in [1.165, 1.54) is 27.4 Å². The average molecular weight is 395 g/mol. The Morgan fingerprint density at radius 3 is 2.24 bits per heavy atom. The molecule has 7 nitrogen and oxygen atoms in total. The van der Waals surface area contributed by atoms with Crippen LogP contribution in [0.4, 0.5) is 5.69 Å². The number of fused-ring (bicyclic) bond motifs is 1. The Morgan fingerprint density at radius 2 is 1.55 bits per heavy atom. The van der Waals surface area contributed by atoms with Gasteiger partial charge < -0.3 is 24.3 Å². The van der Waals surface area contributed by atoms with Gasteiger partial charge in [-0.05, 0) is 35.0 Å². The van der Waals surface area contributed by atoms with Gasteiger partial charge in [-0.3, -0.25) is 4.79 Å². The van der Waals surface area contributed by atoms with Crippen molar-refractivity contribution in [3.05, 3.63) is 60.2 Å². The number of nitrogens with one attached hydrogen (secondary N) is 1. The summed E-state index contributed by atoms with van der Waals surface area (Å²) in [6.07, 6.45) is 0. The number of hydrogen-bond donors (Lipinski definition) is 1. The van der Waals surface area contributed by atoms with Crippen LogP contribution in [-0.4, -0.2) is 39.8 Å². The van der Waals surface area contributed by atoms with Gasteiger partial charge in [-0.25, -0.2) is 4.79 Å². The van der Waals surface area contributed by atoms with E-state index >= 15 is 0 Å². The molecule has 1 amide bonds. The van der Waals surface area contributed by atoms with Gasteiger partial charge in [-0.15, -0.1) is 0 Å². The highest BCUT2D eigenvalue weighted by atomic mass is 16.5. The van der Waals surface area contributed by atoms with Crippen LogP contribution in [0.1, 0.15) is 10.4 Å². The summed E-state index contributed by atoms with van der Waals surface area (Å²) in [5, 5.41) is 4.78. The molecule has 0 aliphatic rings. The highest BCUT2D eigenvalue weighted by molar-refractivity contribution is 5.98. The Bertz CT molecular complexity index is 1050. The molecule has 3 aromatic rings. The summed E-state index contributed by atoms with van der Waals surface area (Å²) in [7, 11) is 4.32. The first-order chi connectivity index (χ1) is 14.1. The number of benzene rings is 3. The molecule has 29 heavy (non-hydrogen) atoms. The van der Waals surface area contributed by atoms with Gasteiger partial charge in [0.05, 0.1) is 21.3 Å². The lowest BCUT2D eigenvalue weighted by Gasteiger charge is -2.15. The van der Waals surface area contributed by atoms with Crippen LogP contribution in [0.25, 0.3) is 10.8 Å². The van der Waals surface area contributed by atoms with Crippen molar-refractivity contribution in [1.29, 1.82) is 0 Å². The van der Waals surface area contributed by atoms with Crippen LogP contribution in [0.5, 0.6) is 17.2 Å². The average Bonchev–Trinajstić information content (AvgIpc) is 2.76. The molecule has 1 N–H and O–H groups in total. The SMILES string of the molecule is COc1ccc(C(=O)OCC(=O)Nc2ccc3ccccc3c2)c(OC)c1OC. The zero-order chi connectivity index (χ0) is 20.8. The summed E-state index contributed by atoms with van der Waals surface area (Å²) >= 11 is 0. The first kappa shape index (κ1) is 20.0.